The van der Waals surface area contributed by atoms with Crippen LogP contribution in [0.2, 0.25) is 0 Å². The number of nitrogens with zero attached hydrogens (tertiary/aromatic N) is 4. The van der Waals surface area contributed by atoms with Crippen molar-refractivity contribution in [1.29, 1.82) is 0 Å². The Kier molecular flexibility index (Phi) is 6.58. The van der Waals surface area contributed by atoms with Gasteiger partial charge in [-0.15, -0.1) is 10.2 Å². The predicted molar refractivity (Wildman–Crippen MR) is 110 cm³/mol. The lowest BCUT2D eigenvalue weighted by atomic mass is 10.0. The second-order valence-electron chi connectivity index (χ2n) is 6.12. The van der Waals surface area contributed by atoms with Gasteiger partial charge in [0.05, 0.1) is 36.6 Å². The van der Waals surface area contributed by atoms with E-state index in [2.05, 4.69) is 31.2 Å². The number of carbonyl (C=O) groups is 2. The molecule has 3 rings (SSSR count). The summed E-state index contributed by atoms with van der Waals surface area (Å²) in [5, 5.41) is 13.0. The normalized spacial score (nSPS) is 10.9. The Morgan fingerprint density at radius 1 is 1.03 bits per heavy atom. The molecule has 2 aromatic heterocycles. The topological polar surface area (TPSA) is 95.7 Å². The van der Waals surface area contributed by atoms with E-state index in [1.165, 1.54) is 4.52 Å². The average molecular weight is 461 g/mol. The van der Waals surface area contributed by atoms with E-state index in [0.717, 1.165) is 21.3 Å². The van der Waals surface area contributed by atoms with Gasteiger partial charge in [-0.25, -0.2) is 9.31 Å². The van der Waals surface area contributed by atoms with E-state index in [9.17, 15) is 9.59 Å². The number of benzene rings is 1. The third kappa shape index (κ3) is 4.29. The Balaban J connectivity index is 2.24. The fourth-order valence-electron chi connectivity index (χ4n) is 3.01. The quantitative estimate of drug-likeness (QED) is 0.498. The molecular formula is C20H21BrN4O4. The highest BCUT2D eigenvalue weighted by Gasteiger charge is 2.25. The second-order valence-corrected chi connectivity index (χ2v) is 7.03. The molecule has 0 bridgehead atoms. The zero-order valence-corrected chi connectivity index (χ0v) is 18.0. The number of hydrogen-bond donors (Lipinski definition) is 0. The molecule has 2 heterocycles. The first-order valence-electron chi connectivity index (χ1n) is 9.35. The van der Waals surface area contributed by atoms with E-state index in [0.29, 0.717) is 17.8 Å². The van der Waals surface area contributed by atoms with Gasteiger partial charge >= 0.3 is 11.9 Å². The van der Waals surface area contributed by atoms with Crippen LogP contribution in [0.5, 0.6) is 0 Å². The molecule has 9 heteroatoms. The summed E-state index contributed by atoms with van der Waals surface area (Å²) in [5.74, 6) is -1.13. The maximum atomic E-state index is 12.4. The highest BCUT2D eigenvalue weighted by molar-refractivity contribution is 9.10. The van der Waals surface area contributed by atoms with Crippen LogP contribution in [0.4, 0.5) is 0 Å². The maximum absolute atomic E-state index is 12.4. The SMILES string of the molecule is CCOC(=O)Cc1c(C(=O)OCC)nnc2c(-c3ccc(Br)cc3)c(CC)nn12. The van der Waals surface area contributed by atoms with Gasteiger partial charge in [0, 0.05) is 4.47 Å². The lowest BCUT2D eigenvalue weighted by Crippen LogP contribution is -2.20. The third-order valence-corrected chi connectivity index (χ3v) is 4.79. The molecule has 0 aliphatic carbocycles. The summed E-state index contributed by atoms with van der Waals surface area (Å²) < 4.78 is 12.6. The first-order chi connectivity index (χ1) is 14.0. The van der Waals surface area contributed by atoms with Crippen LogP contribution < -0.4 is 0 Å². The van der Waals surface area contributed by atoms with E-state index >= 15 is 0 Å². The van der Waals surface area contributed by atoms with Crippen molar-refractivity contribution in [3.8, 4) is 11.1 Å². The van der Waals surface area contributed by atoms with E-state index in [-0.39, 0.29) is 25.3 Å². The number of halogens is 1. The average Bonchev–Trinajstić information content (AvgIpc) is 3.08. The number of aromatic nitrogens is 4. The van der Waals surface area contributed by atoms with E-state index in [1.54, 1.807) is 13.8 Å². The van der Waals surface area contributed by atoms with Crippen molar-refractivity contribution in [1.82, 2.24) is 19.8 Å². The van der Waals surface area contributed by atoms with Crippen LogP contribution in [-0.2, 0) is 27.1 Å². The Morgan fingerprint density at radius 2 is 1.72 bits per heavy atom. The van der Waals surface area contributed by atoms with E-state index < -0.39 is 11.9 Å². The molecule has 3 aromatic rings. The van der Waals surface area contributed by atoms with Gasteiger partial charge in [-0.05, 0) is 38.0 Å². The van der Waals surface area contributed by atoms with Gasteiger partial charge in [0.2, 0.25) is 0 Å². The van der Waals surface area contributed by atoms with Crippen molar-refractivity contribution in [2.75, 3.05) is 13.2 Å². The number of ether oxygens (including phenoxy) is 2. The molecule has 0 atom stereocenters. The van der Waals surface area contributed by atoms with Crippen LogP contribution >= 0.6 is 15.9 Å². The highest BCUT2D eigenvalue weighted by Crippen LogP contribution is 2.30. The molecule has 0 amide bonds. The number of aryl methyl sites for hydroxylation is 1. The predicted octanol–water partition coefficient (Wildman–Crippen LogP) is 3.40. The first-order valence-corrected chi connectivity index (χ1v) is 10.1. The van der Waals surface area contributed by atoms with Crippen molar-refractivity contribution < 1.29 is 19.1 Å². The van der Waals surface area contributed by atoms with Gasteiger partial charge in [0.15, 0.2) is 11.3 Å². The maximum Gasteiger partial charge on any atom is 0.360 e. The summed E-state index contributed by atoms with van der Waals surface area (Å²) >= 11 is 3.44. The number of carbonyl (C=O) groups excluding carboxylic acids is 2. The highest BCUT2D eigenvalue weighted by atomic mass is 79.9. The zero-order chi connectivity index (χ0) is 21.0. The van der Waals surface area contributed by atoms with Gasteiger partial charge in [-0.3, -0.25) is 4.79 Å². The third-order valence-electron chi connectivity index (χ3n) is 4.26. The van der Waals surface area contributed by atoms with Crippen LogP contribution in [0.3, 0.4) is 0 Å². The summed E-state index contributed by atoms with van der Waals surface area (Å²) in [5.41, 5.74) is 3.24. The van der Waals surface area contributed by atoms with Crippen LogP contribution in [0.25, 0.3) is 16.8 Å². The lowest BCUT2D eigenvalue weighted by molar-refractivity contribution is -0.142. The van der Waals surface area contributed by atoms with Crippen LogP contribution in [-0.4, -0.2) is 45.0 Å². The summed E-state index contributed by atoms with van der Waals surface area (Å²) in [6.07, 6.45) is 0.473. The summed E-state index contributed by atoms with van der Waals surface area (Å²) in [4.78, 5) is 24.6. The van der Waals surface area contributed by atoms with Gasteiger partial charge in [-0.2, -0.15) is 5.10 Å². The minimum absolute atomic E-state index is 0.0417. The Hall–Kier alpha value is -2.81. The molecular weight excluding hydrogens is 440 g/mol. The minimum Gasteiger partial charge on any atom is -0.466 e. The second kappa shape index (κ2) is 9.13. The molecule has 152 valence electrons. The van der Waals surface area contributed by atoms with Crippen molar-refractivity contribution in [3.05, 3.63) is 45.8 Å². The standard InChI is InChI=1S/C20H21BrN4O4/c1-4-14-17(12-7-9-13(21)10-8-12)19-23-22-18(20(27)29-6-3)15(25(19)24-14)11-16(26)28-5-2/h7-10H,4-6,11H2,1-3H3. The number of rotatable bonds is 7. The zero-order valence-electron chi connectivity index (χ0n) is 16.4. The van der Waals surface area contributed by atoms with Crippen molar-refractivity contribution in [2.45, 2.75) is 33.6 Å². The number of fused-ring (bicyclic) bond motifs is 1. The smallest absolute Gasteiger partial charge is 0.360 e. The summed E-state index contributed by atoms with van der Waals surface area (Å²) in [7, 11) is 0. The molecule has 0 fully saturated rings. The Bertz CT molecular complexity index is 1050. The molecule has 0 unspecified atom stereocenters. The lowest BCUT2D eigenvalue weighted by Gasteiger charge is -2.09. The van der Waals surface area contributed by atoms with Gasteiger partial charge < -0.3 is 9.47 Å². The fraction of sp³-hybridized carbons (Fsp3) is 0.350. The van der Waals surface area contributed by atoms with Crippen LogP contribution in [0.1, 0.15) is 42.6 Å². The molecule has 0 aliphatic rings. The van der Waals surface area contributed by atoms with Crippen LogP contribution in [0, 0.1) is 0 Å². The molecule has 0 aliphatic heterocycles. The summed E-state index contributed by atoms with van der Waals surface area (Å²) in [6.45, 7) is 5.82. The number of esters is 2. The van der Waals surface area contributed by atoms with Crippen molar-refractivity contribution >= 4 is 33.5 Å². The molecule has 0 spiro atoms. The Labute approximate surface area is 176 Å². The van der Waals surface area contributed by atoms with Gasteiger partial charge in [0.1, 0.15) is 0 Å². The van der Waals surface area contributed by atoms with Crippen molar-refractivity contribution in [2.24, 2.45) is 0 Å². The molecule has 0 saturated carbocycles. The molecule has 8 nitrogen and oxygen atoms in total. The van der Waals surface area contributed by atoms with Gasteiger partial charge in [0.25, 0.3) is 0 Å². The molecule has 29 heavy (non-hydrogen) atoms. The molecule has 0 N–H and O–H groups in total. The monoisotopic (exact) mass is 460 g/mol. The van der Waals surface area contributed by atoms with E-state index in [4.69, 9.17) is 9.47 Å². The van der Waals surface area contributed by atoms with Crippen LogP contribution in [0.15, 0.2) is 28.7 Å². The number of hydrogen-bond acceptors (Lipinski definition) is 7. The van der Waals surface area contributed by atoms with E-state index in [1.807, 2.05) is 31.2 Å². The van der Waals surface area contributed by atoms with Gasteiger partial charge in [-0.1, -0.05) is 35.0 Å². The fourth-order valence-corrected chi connectivity index (χ4v) is 3.28. The Morgan fingerprint density at radius 3 is 2.34 bits per heavy atom. The first kappa shape index (κ1) is 20.9. The molecule has 0 saturated heterocycles. The molecule has 0 radical (unpaired) electrons. The van der Waals surface area contributed by atoms with Crippen molar-refractivity contribution in [3.63, 3.8) is 0 Å². The largest absolute Gasteiger partial charge is 0.466 e. The molecule has 1 aromatic carbocycles. The summed E-state index contributed by atoms with van der Waals surface area (Å²) in [6, 6.07) is 7.76. The minimum atomic E-state index is -0.653.